The molecule has 28 heavy (non-hydrogen) atoms. The van der Waals surface area contributed by atoms with Gasteiger partial charge in [-0.3, -0.25) is 9.59 Å². The first kappa shape index (κ1) is 20.5. The summed E-state index contributed by atoms with van der Waals surface area (Å²) in [6.07, 6.45) is 2.06. The topological polar surface area (TPSA) is 61.4 Å². The average molecular weight is 420 g/mol. The van der Waals surface area contributed by atoms with Gasteiger partial charge in [-0.05, 0) is 55.2 Å². The molecule has 2 aromatic rings. The number of carbonyl (C=O) groups excluding carboxylic acids is 2. The SMILES string of the molecule is CC1CCN(C(=O)c2cccc(NC(=O)CNc3cc(Cl)ccc3Cl)c2)CC1. The summed E-state index contributed by atoms with van der Waals surface area (Å²) in [5.41, 5.74) is 1.76. The molecule has 0 spiro atoms. The molecule has 0 bridgehead atoms. The Balaban J connectivity index is 1.58. The molecule has 2 aromatic carbocycles. The molecule has 3 rings (SSSR count). The molecule has 0 aromatic heterocycles. The Bertz CT molecular complexity index is 864. The van der Waals surface area contributed by atoms with Crippen LogP contribution in [0.25, 0.3) is 0 Å². The lowest BCUT2D eigenvalue weighted by Gasteiger charge is -2.30. The molecule has 5 nitrogen and oxygen atoms in total. The maximum atomic E-state index is 12.7. The number of nitrogens with zero attached hydrogens (tertiary/aromatic N) is 1. The largest absolute Gasteiger partial charge is 0.375 e. The number of hydrogen-bond acceptors (Lipinski definition) is 3. The number of carbonyl (C=O) groups is 2. The number of nitrogens with one attached hydrogen (secondary N) is 2. The molecule has 7 heteroatoms. The first-order valence-corrected chi connectivity index (χ1v) is 10.1. The van der Waals surface area contributed by atoms with Gasteiger partial charge in [0.25, 0.3) is 5.91 Å². The zero-order valence-corrected chi connectivity index (χ0v) is 17.2. The molecule has 0 radical (unpaired) electrons. The first-order chi connectivity index (χ1) is 13.4. The maximum Gasteiger partial charge on any atom is 0.253 e. The van der Waals surface area contributed by atoms with Gasteiger partial charge >= 0.3 is 0 Å². The van der Waals surface area contributed by atoms with Crippen LogP contribution in [-0.2, 0) is 4.79 Å². The number of likely N-dealkylation sites (tertiary alicyclic amines) is 1. The van der Waals surface area contributed by atoms with Crippen molar-refractivity contribution in [1.82, 2.24) is 4.90 Å². The third-order valence-electron chi connectivity index (χ3n) is 4.83. The number of piperidine rings is 1. The van der Waals surface area contributed by atoms with Crippen molar-refractivity contribution in [3.05, 3.63) is 58.1 Å². The van der Waals surface area contributed by atoms with Gasteiger partial charge in [-0.25, -0.2) is 0 Å². The van der Waals surface area contributed by atoms with Crippen molar-refractivity contribution < 1.29 is 9.59 Å². The Kier molecular flexibility index (Phi) is 6.81. The van der Waals surface area contributed by atoms with Gasteiger partial charge in [0.15, 0.2) is 0 Å². The summed E-state index contributed by atoms with van der Waals surface area (Å²) in [6, 6.07) is 12.0. The molecule has 2 N–H and O–H groups in total. The number of amides is 2. The predicted molar refractivity (Wildman–Crippen MR) is 114 cm³/mol. The van der Waals surface area contributed by atoms with Gasteiger partial charge in [-0.2, -0.15) is 0 Å². The Labute approximate surface area is 175 Å². The van der Waals surface area contributed by atoms with E-state index in [1.165, 1.54) is 0 Å². The van der Waals surface area contributed by atoms with E-state index in [0.29, 0.717) is 32.9 Å². The van der Waals surface area contributed by atoms with Gasteiger partial charge in [0.05, 0.1) is 17.3 Å². The van der Waals surface area contributed by atoms with Crippen molar-refractivity contribution in [2.45, 2.75) is 19.8 Å². The Morgan fingerprint density at radius 3 is 2.61 bits per heavy atom. The number of anilines is 2. The first-order valence-electron chi connectivity index (χ1n) is 9.30. The summed E-state index contributed by atoms with van der Waals surface area (Å²) in [7, 11) is 0. The lowest BCUT2D eigenvalue weighted by molar-refractivity contribution is -0.114. The van der Waals surface area contributed by atoms with Gasteiger partial charge < -0.3 is 15.5 Å². The average Bonchev–Trinajstić information content (AvgIpc) is 2.69. The maximum absolute atomic E-state index is 12.7. The van der Waals surface area contributed by atoms with Gasteiger partial charge in [-0.1, -0.05) is 36.2 Å². The summed E-state index contributed by atoms with van der Waals surface area (Å²) in [4.78, 5) is 26.8. The van der Waals surface area contributed by atoms with Crippen LogP contribution >= 0.6 is 23.2 Å². The van der Waals surface area contributed by atoms with Crippen molar-refractivity contribution in [1.29, 1.82) is 0 Å². The highest BCUT2D eigenvalue weighted by molar-refractivity contribution is 6.35. The van der Waals surface area contributed by atoms with Crippen molar-refractivity contribution in [3.63, 3.8) is 0 Å². The van der Waals surface area contributed by atoms with E-state index in [1.807, 2.05) is 4.90 Å². The molecular weight excluding hydrogens is 397 g/mol. The van der Waals surface area contributed by atoms with Gasteiger partial charge in [0.1, 0.15) is 0 Å². The van der Waals surface area contributed by atoms with Crippen LogP contribution in [0.1, 0.15) is 30.1 Å². The summed E-state index contributed by atoms with van der Waals surface area (Å²) < 4.78 is 0. The van der Waals surface area contributed by atoms with Crippen LogP contribution in [-0.4, -0.2) is 36.3 Å². The molecular formula is C21H23Cl2N3O2. The summed E-state index contributed by atoms with van der Waals surface area (Å²) in [6.45, 7) is 3.80. The fraction of sp³-hybridized carbons (Fsp3) is 0.333. The molecule has 1 heterocycles. The molecule has 1 aliphatic rings. The predicted octanol–water partition coefficient (Wildman–Crippen LogP) is 4.92. The fourth-order valence-corrected chi connectivity index (χ4v) is 3.49. The highest BCUT2D eigenvalue weighted by atomic mass is 35.5. The minimum Gasteiger partial charge on any atom is -0.375 e. The highest BCUT2D eigenvalue weighted by Crippen LogP contribution is 2.25. The van der Waals surface area contributed by atoms with E-state index in [0.717, 1.165) is 25.9 Å². The normalized spacial score (nSPS) is 14.6. The van der Waals surface area contributed by atoms with Crippen LogP contribution in [0.3, 0.4) is 0 Å². The molecule has 0 saturated carbocycles. The molecule has 0 atom stereocenters. The minimum absolute atomic E-state index is 0.00633. The van der Waals surface area contributed by atoms with Gasteiger partial charge in [0.2, 0.25) is 5.91 Å². The van der Waals surface area contributed by atoms with Crippen LogP contribution in [0.4, 0.5) is 11.4 Å². The van der Waals surface area contributed by atoms with E-state index < -0.39 is 0 Å². The summed E-state index contributed by atoms with van der Waals surface area (Å²) >= 11 is 12.0. The lowest BCUT2D eigenvalue weighted by Crippen LogP contribution is -2.37. The number of halogens is 2. The quantitative estimate of drug-likeness (QED) is 0.722. The van der Waals surface area contributed by atoms with E-state index in [-0.39, 0.29) is 18.4 Å². The molecule has 1 aliphatic heterocycles. The molecule has 1 fully saturated rings. The second kappa shape index (κ2) is 9.30. The number of hydrogen-bond donors (Lipinski definition) is 2. The lowest BCUT2D eigenvalue weighted by atomic mass is 9.98. The van der Waals surface area contributed by atoms with E-state index >= 15 is 0 Å². The van der Waals surface area contributed by atoms with Crippen molar-refractivity contribution in [2.75, 3.05) is 30.3 Å². The second-order valence-corrected chi connectivity index (χ2v) is 7.93. The highest BCUT2D eigenvalue weighted by Gasteiger charge is 2.21. The standard InChI is InChI=1S/C21H23Cl2N3O2/c1-14-7-9-26(10-8-14)21(28)15-3-2-4-17(11-15)25-20(27)13-24-19-12-16(22)5-6-18(19)23/h2-6,11-12,14,24H,7-10,13H2,1H3,(H,25,27). The summed E-state index contributed by atoms with van der Waals surface area (Å²) in [5.74, 6) is 0.425. The Hall–Kier alpha value is -2.24. The summed E-state index contributed by atoms with van der Waals surface area (Å²) in [5, 5.41) is 6.79. The second-order valence-electron chi connectivity index (χ2n) is 7.08. The van der Waals surface area contributed by atoms with Crippen LogP contribution in [0.15, 0.2) is 42.5 Å². The number of rotatable bonds is 5. The zero-order valence-electron chi connectivity index (χ0n) is 15.7. The molecule has 0 unspecified atom stereocenters. The zero-order chi connectivity index (χ0) is 20.1. The minimum atomic E-state index is -0.243. The van der Waals surface area contributed by atoms with Crippen LogP contribution in [0.2, 0.25) is 10.0 Å². The van der Waals surface area contributed by atoms with E-state index in [9.17, 15) is 9.59 Å². The van der Waals surface area contributed by atoms with E-state index in [1.54, 1.807) is 42.5 Å². The number of benzene rings is 2. The molecule has 148 valence electrons. The third-order valence-corrected chi connectivity index (χ3v) is 5.40. The Morgan fingerprint density at radius 2 is 1.86 bits per heavy atom. The third kappa shape index (κ3) is 5.40. The van der Waals surface area contributed by atoms with E-state index in [4.69, 9.17) is 23.2 Å². The smallest absolute Gasteiger partial charge is 0.253 e. The van der Waals surface area contributed by atoms with Crippen molar-refractivity contribution in [2.24, 2.45) is 5.92 Å². The molecule has 0 aliphatic carbocycles. The van der Waals surface area contributed by atoms with Crippen molar-refractivity contribution in [3.8, 4) is 0 Å². The van der Waals surface area contributed by atoms with Gasteiger partial charge in [-0.15, -0.1) is 0 Å². The monoisotopic (exact) mass is 419 g/mol. The Morgan fingerprint density at radius 1 is 1.11 bits per heavy atom. The molecule has 1 saturated heterocycles. The fourth-order valence-electron chi connectivity index (χ4n) is 3.14. The van der Waals surface area contributed by atoms with E-state index in [2.05, 4.69) is 17.6 Å². The molecule has 2 amide bonds. The van der Waals surface area contributed by atoms with Gasteiger partial charge in [0, 0.05) is 29.4 Å². The van der Waals surface area contributed by atoms with Crippen LogP contribution < -0.4 is 10.6 Å². The van der Waals surface area contributed by atoms with Crippen LogP contribution in [0.5, 0.6) is 0 Å². The van der Waals surface area contributed by atoms with Crippen LogP contribution in [0, 0.1) is 5.92 Å². The van der Waals surface area contributed by atoms with Crippen molar-refractivity contribution >= 4 is 46.4 Å².